The Bertz CT molecular complexity index is 460. The largest absolute Gasteiger partial charge is 0.344 e. The Morgan fingerprint density at radius 2 is 2.05 bits per heavy atom. The average molecular weight is 345 g/mol. The Morgan fingerprint density at radius 3 is 2.53 bits per heavy atom. The van der Waals surface area contributed by atoms with Gasteiger partial charge in [-0.25, -0.2) is 8.78 Å². The lowest BCUT2D eigenvalue weighted by molar-refractivity contribution is -0.123. The van der Waals surface area contributed by atoms with Crippen molar-refractivity contribution in [2.75, 3.05) is 6.54 Å². The van der Waals surface area contributed by atoms with E-state index >= 15 is 0 Å². The highest BCUT2D eigenvalue weighted by atomic mass is 79.9. The normalized spacial score (nSPS) is 12.3. The lowest BCUT2D eigenvalue weighted by Crippen LogP contribution is -2.41. The maximum absolute atomic E-state index is 12.7. The first-order valence-corrected chi connectivity index (χ1v) is 6.26. The Balaban J connectivity index is 2.79. The van der Waals surface area contributed by atoms with E-state index < -0.39 is 24.8 Å². The standard InChI is InChI=1S/C11H13BrF4N2O/c1-6(2)18-4-7(12)3-8(18)9(19)17-5-11(15,16)10(13)14/h3-4,6,10H,5H2,1-2H3,(H,17,19). The monoisotopic (exact) mass is 344 g/mol. The molecule has 108 valence electrons. The van der Waals surface area contributed by atoms with Crippen molar-refractivity contribution in [2.24, 2.45) is 0 Å². The van der Waals surface area contributed by atoms with E-state index in [9.17, 15) is 22.4 Å². The van der Waals surface area contributed by atoms with Crippen LogP contribution >= 0.6 is 15.9 Å². The summed E-state index contributed by atoms with van der Waals surface area (Å²) in [4.78, 5) is 11.7. The zero-order valence-corrected chi connectivity index (χ0v) is 11.8. The maximum atomic E-state index is 12.7. The lowest BCUT2D eigenvalue weighted by Gasteiger charge is -2.17. The molecule has 0 aliphatic heterocycles. The molecule has 0 aliphatic rings. The van der Waals surface area contributed by atoms with Gasteiger partial charge in [0, 0.05) is 16.7 Å². The third-order valence-electron chi connectivity index (χ3n) is 2.41. The molecule has 0 spiro atoms. The minimum absolute atomic E-state index is 0.0670. The summed E-state index contributed by atoms with van der Waals surface area (Å²) in [7, 11) is 0. The minimum Gasteiger partial charge on any atom is -0.344 e. The van der Waals surface area contributed by atoms with Crippen molar-refractivity contribution in [3.63, 3.8) is 0 Å². The average Bonchev–Trinajstić information content (AvgIpc) is 2.68. The highest BCUT2D eigenvalue weighted by Crippen LogP contribution is 2.22. The van der Waals surface area contributed by atoms with Crippen LogP contribution in [0.15, 0.2) is 16.7 Å². The summed E-state index contributed by atoms with van der Waals surface area (Å²) in [6.07, 6.45) is -2.19. The van der Waals surface area contributed by atoms with Crippen molar-refractivity contribution in [1.29, 1.82) is 0 Å². The smallest absolute Gasteiger partial charge is 0.324 e. The van der Waals surface area contributed by atoms with Crippen molar-refractivity contribution in [2.45, 2.75) is 32.2 Å². The predicted octanol–water partition coefficient (Wildman–Crippen LogP) is 3.46. The highest BCUT2D eigenvalue weighted by molar-refractivity contribution is 9.10. The number of rotatable bonds is 5. The predicted molar refractivity (Wildman–Crippen MR) is 65.8 cm³/mol. The van der Waals surface area contributed by atoms with E-state index in [1.165, 1.54) is 6.07 Å². The van der Waals surface area contributed by atoms with Crippen LogP contribution in [0.3, 0.4) is 0 Å². The zero-order chi connectivity index (χ0) is 14.8. The van der Waals surface area contributed by atoms with Gasteiger partial charge < -0.3 is 9.88 Å². The van der Waals surface area contributed by atoms with Crippen LogP contribution in [0, 0.1) is 0 Å². The van der Waals surface area contributed by atoms with Gasteiger partial charge in [-0.15, -0.1) is 0 Å². The molecule has 0 unspecified atom stereocenters. The summed E-state index contributed by atoms with van der Waals surface area (Å²) >= 11 is 3.16. The molecule has 1 heterocycles. The van der Waals surface area contributed by atoms with E-state index in [4.69, 9.17) is 0 Å². The lowest BCUT2D eigenvalue weighted by atomic mass is 10.3. The number of nitrogens with zero attached hydrogens (tertiary/aromatic N) is 1. The Kier molecular flexibility index (Phi) is 5.00. The highest BCUT2D eigenvalue weighted by Gasteiger charge is 2.41. The molecule has 0 radical (unpaired) electrons. The number of hydrogen-bond donors (Lipinski definition) is 1. The molecule has 0 saturated carbocycles. The molecule has 0 atom stereocenters. The van der Waals surface area contributed by atoms with Crippen molar-refractivity contribution in [3.05, 3.63) is 22.4 Å². The van der Waals surface area contributed by atoms with Crippen LogP contribution in [0.4, 0.5) is 17.6 Å². The molecule has 1 aromatic rings. The molecule has 19 heavy (non-hydrogen) atoms. The zero-order valence-electron chi connectivity index (χ0n) is 10.3. The third-order valence-corrected chi connectivity index (χ3v) is 2.84. The van der Waals surface area contributed by atoms with Crippen molar-refractivity contribution < 1.29 is 22.4 Å². The number of amides is 1. The molecular weight excluding hydrogens is 332 g/mol. The summed E-state index contributed by atoms with van der Waals surface area (Å²) in [6.45, 7) is 2.21. The van der Waals surface area contributed by atoms with Crippen LogP contribution in [0.1, 0.15) is 30.4 Å². The van der Waals surface area contributed by atoms with Gasteiger partial charge in [0.2, 0.25) is 0 Å². The number of alkyl halides is 4. The van der Waals surface area contributed by atoms with Crippen LogP contribution in [0.2, 0.25) is 0 Å². The molecule has 1 rings (SSSR count). The van der Waals surface area contributed by atoms with Gasteiger partial charge in [0.05, 0.1) is 6.54 Å². The second kappa shape index (κ2) is 5.94. The number of carbonyl (C=O) groups is 1. The maximum Gasteiger partial charge on any atom is 0.324 e. The molecule has 0 aromatic carbocycles. The fourth-order valence-electron chi connectivity index (χ4n) is 1.42. The fourth-order valence-corrected chi connectivity index (χ4v) is 1.86. The summed E-state index contributed by atoms with van der Waals surface area (Å²) in [5.41, 5.74) is 0.131. The first-order valence-electron chi connectivity index (χ1n) is 5.46. The number of hydrogen-bond acceptors (Lipinski definition) is 1. The second-order valence-corrected chi connectivity index (χ2v) is 5.20. The van der Waals surface area contributed by atoms with Gasteiger partial charge in [-0.3, -0.25) is 4.79 Å². The quantitative estimate of drug-likeness (QED) is 0.815. The molecule has 0 saturated heterocycles. The van der Waals surface area contributed by atoms with Gasteiger partial charge in [-0.2, -0.15) is 8.78 Å². The fraction of sp³-hybridized carbons (Fsp3) is 0.545. The van der Waals surface area contributed by atoms with E-state index in [1.807, 2.05) is 5.32 Å². The van der Waals surface area contributed by atoms with Crippen molar-refractivity contribution >= 4 is 21.8 Å². The van der Waals surface area contributed by atoms with E-state index in [2.05, 4.69) is 15.9 Å². The molecule has 0 bridgehead atoms. The topological polar surface area (TPSA) is 34.0 Å². The minimum atomic E-state index is -4.23. The number of halogens is 5. The molecule has 1 aromatic heterocycles. The van der Waals surface area contributed by atoms with Crippen LogP contribution in [-0.2, 0) is 0 Å². The number of aromatic nitrogens is 1. The Morgan fingerprint density at radius 1 is 1.47 bits per heavy atom. The van der Waals surface area contributed by atoms with E-state index in [0.29, 0.717) is 4.47 Å². The van der Waals surface area contributed by atoms with Gasteiger partial charge in [0.25, 0.3) is 5.91 Å². The van der Waals surface area contributed by atoms with Crippen LogP contribution < -0.4 is 5.32 Å². The van der Waals surface area contributed by atoms with Gasteiger partial charge in [-0.05, 0) is 35.8 Å². The summed E-state index contributed by atoms with van der Waals surface area (Å²) in [6, 6.07) is 1.37. The summed E-state index contributed by atoms with van der Waals surface area (Å²) in [5, 5.41) is 1.82. The van der Waals surface area contributed by atoms with Crippen molar-refractivity contribution in [1.82, 2.24) is 9.88 Å². The van der Waals surface area contributed by atoms with Crippen LogP contribution in [0.5, 0.6) is 0 Å². The van der Waals surface area contributed by atoms with E-state index in [0.717, 1.165) is 0 Å². The van der Waals surface area contributed by atoms with Crippen LogP contribution in [0.25, 0.3) is 0 Å². The molecule has 0 fully saturated rings. The van der Waals surface area contributed by atoms with Gasteiger partial charge >= 0.3 is 12.3 Å². The van der Waals surface area contributed by atoms with Gasteiger partial charge in [0.1, 0.15) is 5.69 Å². The third kappa shape index (κ3) is 3.95. The van der Waals surface area contributed by atoms with Gasteiger partial charge in [0.15, 0.2) is 0 Å². The summed E-state index contributed by atoms with van der Waals surface area (Å²) in [5.74, 6) is -5.05. The van der Waals surface area contributed by atoms with E-state index in [-0.39, 0.29) is 11.7 Å². The summed E-state index contributed by atoms with van der Waals surface area (Å²) < 4.78 is 51.5. The van der Waals surface area contributed by atoms with Crippen molar-refractivity contribution in [3.8, 4) is 0 Å². The first-order chi connectivity index (χ1) is 8.65. The molecule has 3 nitrogen and oxygen atoms in total. The molecule has 1 amide bonds. The molecule has 1 N–H and O–H groups in total. The first kappa shape index (κ1) is 16.0. The second-order valence-electron chi connectivity index (χ2n) is 4.29. The number of carbonyl (C=O) groups excluding carboxylic acids is 1. The van der Waals surface area contributed by atoms with E-state index in [1.54, 1.807) is 24.6 Å². The Labute approximate surface area is 116 Å². The Hall–Kier alpha value is -1.05. The SMILES string of the molecule is CC(C)n1cc(Br)cc1C(=O)NCC(F)(F)C(F)F. The van der Waals surface area contributed by atoms with Gasteiger partial charge in [-0.1, -0.05) is 0 Å². The van der Waals surface area contributed by atoms with Crippen LogP contribution in [-0.4, -0.2) is 29.4 Å². The number of nitrogens with one attached hydrogen (secondary N) is 1. The molecular formula is C11H13BrF4N2O. The molecule has 8 heteroatoms. The molecule has 0 aliphatic carbocycles.